The molecule has 0 radical (unpaired) electrons. The topological polar surface area (TPSA) is 138 Å². The number of ether oxygens (including phenoxy) is 2. The molecule has 0 saturated carbocycles. The zero-order valence-corrected chi connectivity index (χ0v) is 23.7. The first-order valence-corrected chi connectivity index (χ1v) is 13.2. The third-order valence-electron chi connectivity index (χ3n) is 5.68. The van der Waals surface area contributed by atoms with Gasteiger partial charge in [-0.1, -0.05) is 60.2 Å². The van der Waals surface area contributed by atoms with Gasteiger partial charge in [-0.15, -0.1) is 0 Å². The van der Waals surface area contributed by atoms with Crippen LogP contribution in [0.4, 0.5) is 4.79 Å². The summed E-state index contributed by atoms with van der Waals surface area (Å²) >= 11 is 0. The van der Waals surface area contributed by atoms with Crippen LogP contribution < -0.4 is 10.6 Å². The number of esters is 1. The second-order valence-electron chi connectivity index (χ2n) is 10.2. The average molecular weight is 551 g/mol. The van der Waals surface area contributed by atoms with E-state index in [9.17, 15) is 24.4 Å². The average Bonchev–Trinajstić information content (AvgIpc) is 2.88. The maximum absolute atomic E-state index is 14.0. The van der Waals surface area contributed by atoms with Gasteiger partial charge in [0, 0.05) is 13.0 Å². The molecule has 0 aliphatic rings. The lowest BCUT2D eigenvalue weighted by molar-refractivity contribution is -0.144. The van der Waals surface area contributed by atoms with Crippen LogP contribution in [-0.4, -0.2) is 60.1 Å². The number of nitrogens with one attached hydrogen (secondary N) is 2. The molecule has 2 N–H and O–H groups in total. The highest BCUT2D eigenvalue weighted by atomic mass is 16.6. The Balaban J connectivity index is 2.44. The number of hydrogen-bond acceptors (Lipinski definition) is 7. The standard InChI is InChI=1S/C30H38N4O6/c1-6-39-25(35)16-18-32-27(36)26(23-14-12-21(2)13-15-23)34(19-17-31)28(37)24(20-22-10-8-7-9-11-22)33-29(38)40-30(3,4)5/h7-15,24,26H,6,16,18-20H2,1-5H3,(H,32,36)(H,33,38). The van der Waals surface area contributed by atoms with Gasteiger partial charge in [-0.25, -0.2) is 4.79 Å². The van der Waals surface area contributed by atoms with Gasteiger partial charge >= 0.3 is 12.1 Å². The fourth-order valence-corrected chi connectivity index (χ4v) is 3.91. The number of nitrogens with zero attached hydrogens (tertiary/aromatic N) is 2. The van der Waals surface area contributed by atoms with Crippen molar-refractivity contribution in [2.75, 3.05) is 19.7 Å². The number of benzene rings is 2. The number of amides is 3. The summed E-state index contributed by atoms with van der Waals surface area (Å²) in [5.41, 5.74) is 1.37. The first kappa shape index (κ1) is 31.8. The summed E-state index contributed by atoms with van der Waals surface area (Å²) in [6.45, 7) is 8.46. The summed E-state index contributed by atoms with van der Waals surface area (Å²) in [6.07, 6.45) is -0.751. The number of carbonyl (C=O) groups excluding carboxylic acids is 4. The molecule has 2 aromatic carbocycles. The van der Waals surface area contributed by atoms with Crippen LogP contribution >= 0.6 is 0 Å². The molecular formula is C30H38N4O6. The molecule has 2 atom stereocenters. The Labute approximate surface area is 235 Å². The summed E-state index contributed by atoms with van der Waals surface area (Å²) in [5.74, 6) is -1.68. The Morgan fingerprint density at radius 2 is 1.68 bits per heavy atom. The van der Waals surface area contributed by atoms with E-state index >= 15 is 0 Å². The molecule has 0 spiro atoms. The van der Waals surface area contributed by atoms with E-state index in [0.29, 0.717) is 5.56 Å². The minimum absolute atomic E-state index is 0.0157. The van der Waals surface area contributed by atoms with E-state index in [1.165, 1.54) is 0 Å². The maximum atomic E-state index is 14.0. The van der Waals surface area contributed by atoms with E-state index < -0.39 is 48.1 Å². The molecule has 0 bridgehead atoms. The SMILES string of the molecule is CCOC(=O)CCNC(=O)C(c1ccc(C)cc1)N(CC#N)C(=O)C(Cc1ccccc1)NC(=O)OC(C)(C)C. The van der Waals surface area contributed by atoms with Gasteiger partial charge in [0.05, 0.1) is 19.1 Å². The Morgan fingerprint density at radius 1 is 1.02 bits per heavy atom. The fourth-order valence-electron chi connectivity index (χ4n) is 3.91. The van der Waals surface area contributed by atoms with Crippen LogP contribution in [0.3, 0.4) is 0 Å². The van der Waals surface area contributed by atoms with Crippen molar-refractivity contribution in [1.82, 2.24) is 15.5 Å². The van der Waals surface area contributed by atoms with Crippen LogP contribution in [-0.2, 0) is 30.3 Å². The Hall–Kier alpha value is -4.39. The van der Waals surface area contributed by atoms with Gasteiger partial charge in [-0.3, -0.25) is 14.4 Å². The van der Waals surface area contributed by atoms with Crippen molar-refractivity contribution in [3.05, 3.63) is 71.3 Å². The van der Waals surface area contributed by atoms with Gasteiger partial charge in [-0.05, 0) is 45.7 Å². The zero-order valence-electron chi connectivity index (χ0n) is 23.7. The first-order chi connectivity index (χ1) is 18.9. The molecule has 0 aromatic heterocycles. The molecule has 10 nitrogen and oxygen atoms in total. The molecule has 10 heteroatoms. The normalized spacial score (nSPS) is 12.3. The van der Waals surface area contributed by atoms with Crippen LogP contribution in [0.5, 0.6) is 0 Å². The van der Waals surface area contributed by atoms with Gasteiger partial charge in [-0.2, -0.15) is 5.26 Å². The smallest absolute Gasteiger partial charge is 0.408 e. The lowest BCUT2D eigenvalue weighted by atomic mass is 9.99. The van der Waals surface area contributed by atoms with Crippen molar-refractivity contribution in [1.29, 1.82) is 5.26 Å². The molecule has 2 unspecified atom stereocenters. The summed E-state index contributed by atoms with van der Waals surface area (Å²) < 4.78 is 10.3. The molecule has 214 valence electrons. The maximum Gasteiger partial charge on any atom is 0.408 e. The molecule has 0 saturated heterocycles. The number of carbonyl (C=O) groups is 4. The lowest BCUT2D eigenvalue weighted by Crippen LogP contribution is -2.54. The monoisotopic (exact) mass is 550 g/mol. The van der Waals surface area contributed by atoms with Crippen LogP contribution in [0.2, 0.25) is 0 Å². The van der Waals surface area contributed by atoms with E-state index in [-0.39, 0.29) is 26.0 Å². The zero-order chi connectivity index (χ0) is 29.7. The quantitative estimate of drug-likeness (QED) is 0.304. The van der Waals surface area contributed by atoms with E-state index in [1.807, 2.05) is 43.3 Å². The minimum atomic E-state index is -1.20. The summed E-state index contributed by atoms with van der Waals surface area (Å²) in [4.78, 5) is 53.2. The van der Waals surface area contributed by atoms with Gasteiger partial charge in [0.2, 0.25) is 11.8 Å². The Morgan fingerprint density at radius 3 is 2.25 bits per heavy atom. The molecule has 3 amide bonds. The van der Waals surface area contributed by atoms with Crippen LogP contribution in [0, 0.1) is 18.3 Å². The second kappa shape index (κ2) is 15.3. The number of alkyl carbamates (subject to hydrolysis) is 1. The predicted octanol–water partition coefficient (Wildman–Crippen LogP) is 3.59. The van der Waals surface area contributed by atoms with Crippen molar-refractivity contribution in [3.63, 3.8) is 0 Å². The summed E-state index contributed by atoms with van der Waals surface area (Å²) in [6, 6.07) is 15.7. The molecule has 0 heterocycles. The molecule has 2 aromatic rings. The predicted molar refractivity (Wildman–Crippen MR) is 149 cm³/mol. The molecule has 0 aliphatic heterocycles. The van der Waals surface area contributed by atoms with Gasteiger partial charge in [0.1, 0.15) is 24.2 Å². The molecule has 0 aliphatic carbocycles. The Bertz CT molecular complexity index is 1190. The van der Waals surface area contributed by atoms with E-state index in [0.717, 1.165) is 16.0 Å². The van der Waals surface area contributed by atoms with E-state index in [1.54, 1.807) is 52.0 Å². The Kier molecular flexibility index (Phi) is 12.1. The molecule has 0 fully saturated rings. The van der Waals surface area contributed by atoms with Crippen LogP contribution in [0.1, 0.15) is 56.8 Å². The van der Waals surface area contributed by atoms with Crippen molar-refractivity contribution >= 4 is 23.9 Å². The van der Waals surface area contributed by atoms with Crippen LogP contribution in [0.15, 0.2) is 54.6 Å². The largest absolute Gasteiger partial charge is 0.466 e. The highest BCUT2D eigenvalue weighted by molar-refractivity contribution is 5.92. The minimum Gasteiger partial charge on any atom is -0.466 e. The van der Waals surface area contributed by atoms with Gasteiger partial charge in [0.25, 0.3) is 0 Å². The molecule has 40 heavy (non-hydrogen) atoms. The van der Waals surface area contributed by atoms with Gasteiger partial charge in [0.15, 0.2) is 0 Å². The summed E-state index contributed by atoms with van der Waals surface area (Å²) in [5, 5.41) is 15.0. The highest BCUT2D eigenvalue weighted by Crippen LogP contribution is 2.24. The number of aryl methyl sites for hydroxylation is 1. The van der Waals surface area contributed by atoms with Crippen molar-refractivity contribution in [3.8, 4) is 6.07 Å². The van der Waals surface area contributed by atoms with E-state index in [4.69, 9.17) is 9.47 Å². The molecule has 2 rings (SSSR count). The summed E-state index contributed by atoms with van der Waals surface area (Å²) in [7, 11) is 0. The van der Waals surface area contributed by atoms with Crippen molar-refractivity contribution < 1.29 is 28.7 Å². The number of rotatable bonds is 12. The third kappa shape index (κ3) is 10.4. The fraction of sp³-hybridized carbons (Fsp3) is 0.433. The third-order valence-corrected chi connectivity index (χ3v) is 5.68. The van der Waals surface area contributed by atoms with E-state index in [2.05, 4.69) is 10.6 Å². The van der Waals surface area contributed by atoms with Crippen molar-refractivity contribution in [2.45, 2.75) is 65.1 Å². The number of hydrogen-bond donors (Lipinski definition) is 2. The van der Waals surface area contributed by atoms with Crippen LogP contribution in [0.25, 0.3) is 0 Å². The lowest BCUT2D eigenvalue weighted by Gasteiger charge is -2.33. The number of nitriles is 1. The van der Waals surface area contributed by atoms with Crippen molar-refractivity contribution in [2.24, 2.45) is 0 Å². The second-order valence-corrected chi connectivity index (χ2v) is 10.2. The molecular weight excluding hydrogens is 512 g/mol. The van der Waals surface area contributed by atoms with Gasteiger partial charge < -0.3 is 25.0 Å². The first-order valence-electron chi connectivity index (χ1n) is 13.2. The highest BCUT2D eigenvalue weighted by Gasteiger charge is 2.36.